The number of aliphatic hydroxyl groups excluding tert-OH is 2. The predicted molar refractivity (Wildman–Crippen MR) is 35.9 cm³/mol. The molecule has 0 aliphatic heterocycles. The second-order valence-electron chi connectivity index (χ2n) is 2.80. The first-order valence-electron chi connectivity index (χ1n) is 3.50. The second-order valence-corrected chi connectivity index (χ2v) is 2.80. The number of ketones is 1. The minimum absolute atomic E-state index is 0.235. The summed E-state index contributed by atoms with van der Waals surface area (Å²) in [5, 5.41) is 17.4. The average Bonchev–Trinajstić information content (AvgIpc) is 2.25. The van der Waals surface area contributed by atoms with Crippen molar-refractivity contribution in [2.75, 3.05) is 0 Å². The van der Waals surface area contributed by atoms with Gasteiger partial charge in [-0.1, -0.05) is 0 Å². The summed E-state index contributed by atoms with van der Waals surface area (Å²) in [5.74, 6) is -2.95. The predicted octanol–water partition coefficient (Wildman–Crippen LogP) is 0.941. The maximum Gasteiger partial charge on any atom is 0.395 e. The van der Waals surface area contributed by atoms with E-state index in [1.165, 1.54) is 0 Å². The molecule has 0 aromatic rings. The summed E-state index contributed by atoms with van der Waals surface area (Å²) in [5.41, 5.74) is -0.567. The zero-order chi connectivity index (χ0) is 10.2. The van der Waals surface area contributed by atoms with Crippen LogP contribution in [-0.2, 0) is 4.79 Å². The number of carbonyl (C=O) groups is 1. The molecule has 0 spiro atoms. The smallest absolute Gasteiger partial charge is 0.395 e. The number of alkyl halides is 3. The van der Waals surface area contributed by atoms with Gasteiger partial charge in [0.05, 0.1) is 23.9 Å². The van der Waals surface area contributed by atoms with Gasteiger partial charge in [0.1, 0.15) is 0 Å². The number of aliphatic hydroxyl groups is 2. The lowest BCUT2D eigenvalue weighted by molar-refractivity contribution is -0.190. The van der Waals surface area contributed by atoms with Gasteiger partial charge in [0.25, 0.3) is 0 Å². The van der Waals surface area contributed by atoms with Crippen molar-refractivity contribution in [2.45, 2.75) is 18.7 Å². The van der Waals surface area contributed by atoms with Gasteiger partial charge in [0.2, 0.25) is 0 Å². The van der Waals surface area contributed by atoms with E-state index < -0.39 is 36.0 Å². The van der Waals surface area contributed by atoms with Crippen LogP contribution in [0.2, 0.25) is 0 Å². The van der Waals surface area contributed by atoms with E-state index in [9.17, 15) is 18.0 Å². The summed E-state index contributed by atoms with van der Waals surface area (Å²) >= 11 is 0. The molecule has 1 fully saturated rings. The molecule has 0 heterocycles. The van der Waals surface area contributed by atoms with E-state index in [0.717, 1.165) is 0 Å². The van der Waals surface area contributed by atoms with E-state index in [1.807, 2.05) is 0 Å². The van der Waals surface area contributed by atoms with E-state index in [4.69, 9.17) is 10.2 Å². The van der Waals surface area contributed by atoms with Crippen LogP contribution in [0.15, 0.2) is 11.8 Å². The molecule has 1 aliphatic carbocycles. The summed E-state index contributed by atoms with van der Waals surface area (Å²) in [6.45, 7) is 0. The topological polar surface area (TPSA) is 57.5 Å². The van der Waals surface area contributed by atoms with Crippen LogP contribution in [0.25, 0.3) is 0 Å². The summed E-state index contributed by atoms with van der Waals surface area (Å²) in [4.78, 5) is 10.8. The van der Waals surface area contributed by atoms with Crippen molar-refractivity contribution in [3.8, 4) is 0 Å². The zero-order valence-electron chi connectivity index (χ0n) is 6.38. The van der Waals surface area contributed by atoms with Gasteiger partial charge in [-0.15, -0.1) is 0 Å². The molecule has 2 atom stereocenters. The van der Waals surface area contributed by atoms with Crippen molar-refractivity contribution < 1.29 is 28.2 Å². The Morgan fingerprint density at radius 1 is 1.46 bits per heavy atom. The fourth-order valence-corrected chi connectivity index (χ4v) is 1.25. The number of hydrogen-bond donors (Lipinski definition) is 2. The molecule has 0 bridgehead atoms. The Morgan fingerprint density at radius 2 is 2.00 bits per heavy atom. The van der Waals surface area contributed by atoms with Crippen molar-refractivity contribution in [1.29, 1.82) is 0 Å². The first-order valence-corrected chi connectivity index (χ1v) is 3.50. The van der Waals surface area contributed by atoms with Crippen molar-refractivity contribution in [3.63, 3.8) is 0 Å². The maximum absolute atomic E-state index is 12.1. The lowest BCUT2D eigenvalue weighted by Crippen LogP contribution is -2.30. The highest BCUT2D eigenvalue weighted by atomic mass is 19.4. The van der Waals surface area contributed by atoms with Gasteiger partial charge < -0.3 is 10.2 Å². The van der Waals surface area contributed by atoms with Gasteiger partial charge in [-0.25, -0.2) is 0 Å². The lowest BCUT2D eigenvalue weighted by atomic mass is 10.1. The van der Waals surface area contributed by atoms with Crippen LogP contribution in [0, 0.1) is 5.92 Å². The Morgan fingerprint density at radius 3 is 2.23 bits per heavy atom. The van der Waals surface area contributed by atoms with Gasteiger partial charge in [0, 0.05) is 6.42 Å². The third-order valence-corrected chi connectivity index (χ3v) is 1.99. The van der Waals surface area contributed by atoms with Crippen LogP contribution < -0.4 is 0 Å². The van der Waals surface area contributed by atoms with Crippen LogP contribution in [0.1, 0.15) is 6.42 Å². The summed E-state index contributed by atoms with van der Waals surface area (Å²) in [6.07, 6.45) is -7.10. The van der Waals surface area contributed by atoms with E-state index in [0.29, 0.717) is 0 Å². The average molecular weight is 196 g/mol. The number of halogens is 3. The van der Waals surface area contributed by atoms with Crippen molar-refractivity contribution in [1.82, 2.24) is 0 Å². The van der Waals surface area contributed by atoms with Gasteiger partial charge >= 0.3 is 6.18 Å². The Kier molecular flexibility index (Phi) is 2.34. The molecular weight excluding hydrogens is 189 g/mol. The van der Waals surface area contributed by atoms with Gasteiger partial charge in [0.15, 0.2) is 5.78 Å². The molecule has 6 heteroatoms. The molecule has 13 heavy (non-hydrogen) atoms. The second kappa shape index (κ2) is 3.02. The number of carbonyl (C=O) groups excluding carboxylic acids is 1. The molecule has 1 aliphatic rings. The Balaban J connectivity index is 2.92. The number of hydrogen-bond acceptors (Lipinski definition) is 3. The lowest BCUT2D eigenvalue weighted by Gasteiger charge is -2.16. The highest BCUT2D eigenvalue weighted by Gasteiger charge is 2.52. The molecule has 0 amide bonds. The fraction of sp³-hybridized carbons (Fsp3) is 0.571. The largest absolute Gasteiger partial charge is 0.515 e. The minimum atomic E-state index is -4.61. The molecule has 0 aromatic heterocycles. The van der Waals surface area contributed by atoms with Gasteiger partial charge in [-0.2, -0.15) is 13.2 Å². The first-order chi connectivity index (χ1) is 5.88. The molecule has 0 saturated heterocycles. The van der Waals surface area contributed by atoms with Crippen molar-refractivity contribution >= 4 is 5.78 Å². The Hall–Kier alpha value is -1.04. The standard InChI is InChI=1S/C7H7F3O3/c8-7(9,10)4-1-5(12)3(2-11)6(4)13/h2,4,6,11,13H,1H2. The zero-order valence-corrected chi connectivity index (χ0v) is 6.38. The molecule has 1 rings (SSSR count). The molecule has 0 aromatic carbocycles. The third kappa shape index (κ3) is 1.67. The monoisotopic (exact) mass is 196 g/mol. The summed E-state index contributed by atoms with van der Waals surface area (Å²) in [6, 6.07) is 0. The van der Waals surface area contributed by atoms with Crippen molar-refractivity contribution in [2.24, 2.45) is 5.92 Å². The molecule has 0 radical (unpaired) electrons. The van der Waals surface area contributed by atoms with Crippen LogP contribution in [0.5, 0.6) is 0 Å². The van der Waals surface area contributed by atoms with E-state index in [-0.39, 0.29) is 6.26 Å². The van der Waals surface area contributed by atoms with E-state index >= 15 is 0 Å². The van der Waals surface area contributed by atoms with Crippen molar-refractivity contribution in [3.05, 3.63) is 11.8 Å². The van der Waals surface area contributed by atoms with E-state index in [1.54, 1.807) is 0 Å². The molecule has 2 N–H and O–H groups in total. The van der Waals surface area contributed by atoms with Crippen LogP contribution in [0.4, 0.5) is 13.2 Å². The minimum Gasteiger partial charge on any atom is -0.515 e. The van der Waals surface area contributed by atoms with Crippen LogP contribution in [0.3, 0.4) is 0 Å². The van der Waals surface area contributed by atoms with Crippen LogP contribution >= 0.6 is 0 Å². The highest BCUT2D eigenvalue weighted by molar-refractivity contribution is 5.98. The quantitative estimate of drug-likeness (QED) is 0.447. The molecular formula is C7H7F3O3. The fourth-order valence-electron chi connectivity index (χ4n) is 1.25. The number of Topliss-reactive ketones (excluding diaryl/α,β-unsaturated/α-hetero) is 1. The van der Waals surface area contributed by atoms with Crippen LogP contribution in [-0.4, -0.2) is 28.3 Å². The summed E-state index contributed by atoms with van der Waals surface area (Å²) in [7, 11) is 0. The Bertz CT molecular complexity index is 256. The van der Waals surface area contributed by atoms with E-state index in [2.05, 4.69) is 0 Å². The molecule has 74 valence electrons. The Labute approximate surface area is 71.5 Å². The maximum atomic E-state index is 12.1. The normalized spacial score (nSPS) is 32.9. The molecule has 3 nitrogen and oxygen atoms in total. The SMILES string of the molecule is O=C1CC(C(F)(F)F)C(O)C1=CO. The number of rotatable bonds is 0. The molecule has 2 unspecified atom stereocenters. The third-order valence-electron chi connectivity index (χ3n) is 1.99. The first kappa shape index (κ1) is 10.0. The summed E-state index contributed by atoms with van der Waals surface area (Å²) < 4.78 is 36.2. The molecule has 1 saturated carbocycles. The van der Waals surface area contributed by atoms with Gasteiger partial charge in [-0.05, 0) is 0 Å². The van der Waals surface area contributed by atoms with Gasteiger partial charge in [-0.3, -0.25) is 4.79 Å². The highest BCUT2D eigenvalue weighted by Crippen LogP contribution is 2.39.